The molecule has 0 aliphatic heterocycles. The van der Waals surface area contributed by atoms with Crippen LogP contribution in [0.25, 0.3) is 0 Å². The molecule has 0 aliphatic carbocycles. The number of anilines is 2. The summed E-state index contributed by atoms with van der Waals surface area (Å²) in [7, 11) is 0. The van der Waals surface area contributed by atoms with E-state index >= 15 is 0 Å². The van der Waals surface area contributed by atoms with Crippen LogP contribution in [0.2, 0.25) is 10.0 Å². The molecule has 7 heteroatoms. The average Bonchev–Trinajstić information content (AvgIpc) is 2.85. The van der Waals surface area contributed by atoms with E-state index in [2.05, 4.69) is 50.6 Å². The molecule has 2 aromatic rings. The highest BCUT2D eigenvalue weighted by atomic mass is 79.9. The first kappa shape index (κ1) is 16.9. The van der Waals surface area contributed by atoms with E-state index < -0.39 is 0 Å². The molecular weight excluding hydrogens is 393 g/mol. The maximum Gasteiger partial charge on any atom is 0.147 e. The van der Waals surface area contributed by atoms with Gasteiger partial charge in [-0.15, -0.1) is 11.3 Å². The molecule has 2 aromatic heterocycles. The monoisotopic (exact) mass is 407 g/mol. The van der Waals surface area contributed by atoms with E-state index in [-0.39, 0.29) is 0 Å². The molecular formula is C14H16BrCl2N3S. The molecule has 21 heavy (non-hydrogen) atoms. The minimum absolute atomic E-state index is 0.536. The number of halogens is 3. The van der Waals surface area contributed by atoms with Crippen molar-refractivity contribution in [1.82, 2.24) is 4.98 Å². The first-order valence-corrected chi connectivity index (χ1v) is 9.04. The summed E-state index contributed by atoms with van der Waals surface area (Å²) in [5.41, 5.74) is 0. The van der Waals surface area contributed by atoms with Crippen LogP contribution in [0.1, 0.15) is 18.2 Å². The SMILES string of the molecule is CCCNc1nc(NCCc2ccc(Br)s2)c(Cl)cc1Cl. The lowest BCUT2D eigenvalue weighted by molar-refractivity contribution is 0.966. The van der Waals surface area contributed by atoms with Crippen molar-refractivity contribution in [3.63, 3.8) is 0 Å². The molecule has 0 aliphatic rings. The normalized spacial score (nSPS) is 10.7. The second kappa shape index (κ2) is 8.22. The van der Waals surface area contributed by atoms with Gasteiger partial charge in [-0.05, 0) is 47.0 Å². The van der Waals surface area contributed by atoms with E-state index in [1.165, 1.54) is 4.88 Å². The van der Waals surface area contributed by atoms with Gasteiger partial charge in [0, 0.05) is 18.0 Å². The van der Waals surface area contributed by atoms with Gasteiger partial charge in [0.15, 0.2) is 0 Å². The maximum absolute atomic E-state index is 6.18. The number of rotatable bonds is 7. The second-order valence-electron chi connectivity index (χ2n) is 4.46. The molecule has 2 heterocycles. The van der Waals surface area contributed by atoms with E-state index in [1.807, 2.05) is 0 Å². The Balaban J connectivity index is 1.98. The third-order valence-electron chi connectivity index (χ3n) is 2.76. The van der Waals surface area contributed by atoms with Gasteiger partial charge in [-0.3, -0.25) is 0 Å². The van der Waals surface area contributed by atoms with Crippen molar-refractivity contribution in [3.05, 3.63) is 36.9 Å². The molecule has 2 rings (SSSR count). The van der Waals surface area contributed by atoms with Crippen LogP contribution in [0, 0.1) is 0 Å². The fourth-order valence-corrected chi connectivity index (χ4v) is 3.72. The summed E-state index contributed by atoms with van der Waals surface area (Å²) in [6.07, 6.45) is 1.94. The molecule has 0 spiro atoms. The number of nitrogens with one attached hydrogen (secondary N) is 2. The molecule has 0 unspecified atom stereocenters. The van der Waals surface area contributed by atoms with Gasteiger partial charge in [-0.2, -0.15) is 0 Å². The Bertz CT molecular complexity index is 604. The van der Waals surface area contributed by atoms with Crippen LogP contribution >= 0.6 is 50.5 Å². The minimum atomic E-state index is 0.536. The summed E-state index contributed by atoms with van der Waals surface area (Å²) in [4.78, 5) is 5.76. The minimum Gasteiger partial charge on any atom is -0.369 e. The van der Waals surface area contributed by atoms with Crippen molar-refractivity contribution in [2.45, 2.75) is 19.8 Å². The van der Waals surface area contributed by atoms with E-state index in [1.54, 1.807) is 17.4 Å². The first-order chi connectivity index (χ1) is 10.1. The largest absolute Gasteiger partial charge is 0.369 e. The lowest BCUT2D eigenvalue weighted by atomic mass is 10.3. The molecule has 0 saturated carbocycles. The number of pyridine rings is 1. The van der Waals surface area contributed by atoms with Crippen LogP contribution in [-0.4, -0.2) is 18.1 Å². The van der Waals surface area contributed by atoms with Crippen LogP contribution in [0.3, 0.4) is 0 Å². The fraction of sp³-hybridized carbons (Fsp3) is 0.357. The summed E-state index contributed by atoms with van der Waals surface area (Å²) < 4.78 is 1.14. The Morgan fingerprint density at radius 2 is 1.81 bits per heavy atom. The third kappa shape index (κ3) is 5.02. The Morgan fingerprint density at radius 3 is 2.38 bits per heavy atom. The van der Waals surface area contributed by atoms with Gasteiger partial charge in [0.25, 0.3) is 0 Å². The number of hydrogen-bond acceptors (Lipinski definition) is 4. The van der Waals surface area contributed by atoms with Crippen LogP contribution in [0.4, 0.5) is 11.6 Å². The highest BCUT2D eigenvalue weighted by molar-refractivity contribution is 9.11. The summed E-state index contributed by atoms with van der Waals surface area (Å²) in [5.74, 6) is 1.33. The molecule has 0 atom stereocenters. The number of aromatic nitrogens is 1. The zero-order chi connectivity index (χ0) is 15.2. The Morgan fingerprint density at radius 1 is 1.14 bits per heavy atom. The summed E-state index contributed by atoms with van der Waals surface area (Å²) >= 11 is 17.5. The first-order valence-electron chi connectivity index (χ1n) is 6.68. The molecule has 2 N–H and O–H groups in total. The fourth-order valence-electron chi connectivity index (χ4n) is 1.75. The standard InChI is InChI=1S/C14H16BrCl2N3S/c1-2-6-18-13-10(16)8-11(17)14(20-13)19-7-5-9-3-4-12(15)21-9/h3-4,8H,2,5-7H2,1H3,(H2,18,19,20). The summed E-state index contributed by atoms with van der Waals surface area (Å²) in [6, 6.07) is 5.89. The van der Waals surface area contributed by atoms with Crippen LogP contribution in [0.15, 0.2) is 22.0 Å². The van der Waals surface area contributed by atoms with Crippen LogP contribution in [0.5, 0.6) is 0 Å². The predicted octanol–water partition coefficient (Wildman–Crippen LogP) is 5.69. The number of hydrogen-bond donors (Lipinski definition) is 2. The smallest absolute Gasteiger partial charge is 0.147 e. The average molecular weight is 409 g/mol. The molecule has 0 amide bonds. The topological polar surface area (TPSA) is 37.0 Å². The van der Waals surface area contributed by atoms with Crippen molar-refractivity contribution in [2.24, 2.45) is 0 Å². The molecule has 114 valence electrons. The lowest BCUT2D eigenvalue weighted by Crippen LogP contribution is -2.09. The van der Waals surface area contributed by atoms with Gasteiger partial charge in [0.2, 0.25) is 0 Å². The zero-order valence-electron chi connectivity index (χ0n) is 11.5. The van der Waals surface area contributed by atoms with Gasteiger partial charge in [0.05, 0.1) is 13.8 Å². The highest BCUT2D eigenvalue weighted by Gasteiger charge is 2.09. The van der Waals surface area contributed by atoms with Gasteiger partial charge < -0.3 is 10.6 Å². The summed E-state index contributed by atoms with van der Waals surface area (Å²) in [5, 5.41) is 7.54. The molecule has 0 bridgehead atoms. The van der Waals surface area contributed by atoms with Crippen molar-refractivity contribution >= 4 is 62.1 Å². The van der Waals surface area contributed by atoms with Crippen molar-refractivity contribution < 1.29 is 0 Å². The Kier molecular flexibility index (Phi) is 6.61. The van der Waals surface area contributed by atoms with E-state index in [0.717, 1.165) is 29.7 Å². The van der Waals surface area contributed by atoms with E-state index in [4.69, 9.17) is 23.2 Å². The summed E-state index contributed by atoms with van der Waals surface area (Å²) in [6.45, 7) is 3.70. The Hall–Kier alpha value is -0.490. The van der Waals surface area contributed by atoms with Crippen molar-refractivity contribution in [1.29, 1.82) is 0 Å². The molecule has 0 aromatic carbocycles. The van der Waals surface area contributed by atoms with Gasteiger partial charge in [-0.25, -0.2) is 4.98 Å². The maximum atomic E-state index is 6.18. The molecule has 0 radical (unpaired) electrons. The van der Waals surface area contributed by atoms with Gasteiger partial charge in [-0.1, -0.05) is 30.1 Å². The molecule has 0 fully saturated rings. The van der Waals surface area contributed by atoms with E-state index in [9.17, 15) is 0 Å². The second-order valence-corrected chi connectivity index (χ2v) is 7.82. The molecule has 3 nitrogen and oxygen atoms in total. The van der Waals surface area contributed by atoms with Crippen LogP contribution < -0.4 is 10.6 Å². The van der Waals surface area contributed by atoms with Crippen molar-refractivity contribution in [2.75, 3.05) is 23.7 Å². The number of thiophene rings is 1. The zero-order valence-corrected chi connectivity index (χ0v) is 15.5. The van der Waals surface area contributed by atoms with E-state index in [0.29, 0.717) is 21.7 Å². The number of nitrogens with zero attached hydrogens (tertiary/aromatic N) is 1. The third-order valence-corrected chi connectivity index (χ3v) is 5.02. The van der Waals surface area contributed by atoms with Crippen molar-refractivity contribution in [3.8, 4) is 0 Å². The molecule has 0 saturated heterocycles. The lowest BCUT2D eigenvalue weighted by Gasteiger charge is -2.11. The van der Waals surface area contributed by atoms with Crippen LogP contribution in [-0.2, 0) is 6.42 Å². The predicted molar refractivity (Wildman–Crippen MR) is 97.3 cm³/mol. The van der Waals surface area contributed by atoms with Gasteiger partial charge >= 0.3 is 0 Å². The highest BCUT2D eigenvalue weighted by Crippen LogP contribution is 2.29. The Labute approximate surface area is 147 Å². The van der Waals surface area contributed by atoms with Gasteiger partial charge in [0.1, 0.15) is 11.6 Å². The quantitative estimate of drug-likeness (QED) is 0.617.